The van der Waals surface area contributed by atoms with Crippen LogP contribution in [0.4, 0.5) is 10.1 Å². The Morgan fingerprint density at radius 2 is 2.00 bits per heavy atom. The number of ether oxygens (including phenoxy) is 1. The van der Waals surface area contributed by atoms with Crippen LogP contribution in [-0.2, 0) is 0 Å². The molecule has 1 heterocycles. The molecule has 1 unspecified atom stereocenters. The highest BCUT2D eigenvalue weighted by Crippen LogP contribution is 2.25. The SMILES string of the molecule is CCOc1nc(-c2cccc(F)c2)n(-c2ccc(NCC(C)O)cc2)n1. The number of nitrogens with one attached hydrogen (secondary N) is 1. The first-order valence-electron chi connectivity index (χ1n) is 8.45. The number of halogens is 1. The highest BCUT2D eigenvalue weighted by Gasteiger charge is 2.15. The molecule has 0 aliphatic heterocycles. The Morgan fingerprint density at radius 3 is 2.65 bits per heavy atom. The second-order valence-electron chi connectivity index (χ2n) is 5.85. The van der Waals surface area contributed by atoms with Gasteiger partial charge in [0.2, 0.25) is 0 Å². The molecule has 6 nitrogen and oxygen atoms in total. The lowest BCUT2D eigenvalue weighted by Crippen LogP contribution is -2.15. The van der Waals surface area contributed by atoms with Gasteiger partial charge in [-0.15, -0.1) is 5.10 Å². The summed E-state index contributed by atoms with van der Waals surface area (Å²) in [6.45, 7) is 4.48. The standard InChI is InChI=1S/C19H21FN4O2/c1-3-26-19-22-18(14-5-4-6-15(20)11-14)24(23-19)17-9-7-16(8-10-17)21-12-13(2)25/h4-11,13,21,25H,3,12H2,1-2H3. The van der Waals surface area contributed by atoms with Crippen LogP contribution >= 0.6 is 0 Å². The normalized spacial score (nSPS) is 12.0. The molecule has 0 fully saturated rings. The molecule has 0 saturated heterocycles. The van der Waals surface area contributed by atoms with Gasteiger partial charge in [0.25, 0.3) is 0 Å². The molecule has 0 radical (unpaired) electrons. The van der Waals surface area contributed by atoms with Crippen molar-refractivity contribution < 1.29 is 14.2 Å². The van der Waals surface area contributed by atoms with E-state index in [1.165, 1.54) is 12.1 Å². The largest absolute Gasteiger partial charge is 0.463 e. The van der Waals surface area contributed by atoms with Gasteiger partial charge in [-0.25, -0.2) is 9.07 Å². The van der Waals surface area contributed by atoms with Gasteiger partial charge < -0.3 is 15.2 Å². The predicted octanol–water partition coefficient (Wildman–Crippen LogP) is 3.26. The molecule has 26 heavy (non-hydrogen) atoms. The number of hydrogen-bond donors (Lipinski definition) is 2. The van der Waals surface area contributed by atoms with Crippen molar-refractivity contribution in [1.82, 2.24) is 14.8 Å². The van der Waals surface area contributed by atoms with Crippen LogP contribution in [0.1, 0.15) is 13.8 Å². The molecule has 7 heteroatoms. The van der Waals surface area contributed by atoms with Crippen LogP contribution in [-0.4, -0.2) is 39.1 Å². The van der Waals surface area contributed by atoms with Crippen LogP contribution in [0.2, 0.25) is 0 Å². The van der Waals surface area contributed by atoms with Gasteiger partial charge in [0, 0.05) is 17.8 Å². The summed E-state index contributed by atoms with van der Waals surface area (Å²) in [5.41, 5.74) is 2.26. The second-order valence-corrected chi connectivity index (χ2v) is 5.85. The number of hydrogen-bond acceptors (Lipinski definition) is 5. The Labute approximate surface area is 151 Å². The lowest BCUT2D eigenvalue weighted by molar-refractivity contribution is 0.208. The molecule has 2 aromatic carbocycles. The second kappa shape index (κ2) is 7.97. The summed E-state index contributed by atoms with van der Waals surface area (Å²) in [5, 5.41) is 16.9. The van der Waals surface area contributed by atoms with Gasteiger partial charge >= 0.3 is 6.01 Å². The van der Waals surface area contributed by atoms with E-state index in [1.807, 2.05) is 31.2 Å². The molecular formula is C19H21FN4O2. The third-order valence-electron chi connectivity index (χ3n) is 3.66. The Morgan fingerprint density at radius 1 is 1.23 bits per heavy atom. The van der Waals surface area contributed by atoms with Gasteiger partial charge in [-0.1, -0.05) is 12.1 Å². The molecule has 2 N–H and O–H groups in total. The summed E-state index contributed by atoms with van der Waals surface area (Å²) in [6.07, 6.45) is -0.432. The number of nitrogens with zero attached hydrogens (tertiary/aromatic N) is 3. The van der Waals surface area contributed by atoms with Crippen molar-refractivity contribution in [3.8, 4) is 23.1 Å². The first-order chi connectivity index (χ1) is 12.6. The molecule has 0 aliphatic carbocycles. The first kappa shape index (κ1) is 17.9. The first-order valence-corrected chi connectivity index (χ1v) is 8.45. The zero-order chi connectivity index (χ0) is 18.5. The number of anilines is 1. The molecule has 1 aromatic heterocycles. The van der Waals surface area contributed by atoms with Gasteiger partial charge in [-0.3, -0.25) is 0 Å². The highest BCUT2D eigenvalue weighted by atomic mass is 19.1. The van der Waals surface area contributed by atoms with E-state index in [1.54, 1.807) is 23.7 Å². The summed E-state index contributed by atoms with van der Waals surface area (Å²) < 4.78 is 20.7. The van der Waals surface area contributed by atoms with E-state index in [0.29, 0.717) is 24.5 Å². The number of aliphatic hydroxyl groups is 1. The quantitative estimate of drug-likeness (QED) is 0.680. The van der Waals surface area contributed by atoms with E-state index in [0.717, 1.165) is 11.4 Å². The van der Waals surface area contributed by atoms with Gasteiger partial charge in [0.1, 0.15) is 5.82 Å². The van der Waals surface area contributed by atoms with E-state index < -0.39 is 6.10 Å². The van der Waals surface area contributed by atoms with E-state index in [9.17, 15) is 9.50 Å². The fourth-order valence-electron chi connectivity index (χ4n) is 2.46. The van der Waals surface area contributed by atoms with E-state index in [-0.39, 0.29) is 11.8 Å². The van der Waals surface area contributed by atoms with E-state index in [4.69, 9.17) is 4.74 Å². The molecule has 0 spiro atoms. The fourth-order valence-corrected chi connectivity index (χ4v) is 2.46. The molecule has 0 aliphatic rings. The van der Waals surface area contributed by atoms with Gasteiger partial charge in [0.15, 0.2) is 5.82 Å². The minimum absolute atomic E-state index is 0.239. The smallest absolute Gasteiger partial charge is 0.336 e. The summed E-state index contributed by atoms with van der Waals surface area (Å²) in [4.78, 5) is 4.38. The summed E-state index contributed by atoms with van der Waals surface area (Å²) in [7, 11) is 0. The zero-order valence-electron chi connectivity index (χ0n) is 14.7. The van der Waals surface area contributed by atoms with Crippen LogP contribution < -0.4 is 10.1 Å². The molecule has 3 rings (SSSR count). The summed E-state index contributed by atoms with van der Waals surface area (Å²) >= 11 is 0. The highest BCUT2D eigenvalue weighted by molar-refractivity contribution is 5.59. The fraction of sp³-hybridized carbons (Fsp3) is 0.263. The third-order valence-corrected chi connectivity index (χ3v) is 3.66. The maximum atomic E-state index is 13.6. The number of aromatic nitrogens is 3. The van der Waals surface area contributed by atoms with Crippen molar-refractivity contribution in [2.24, 2.45) is 0 Å². The Hall–Kier alpha value is -2.93. The average molecular weight is 356 g/mol. The topological polar surface area (TPSA) is 72.2 Å². The summed E-state index contributed by atoms with van der Waals surface area (Å²) in [6, 6.07) is 14.0. The number of rotatable bonds is 7. The Balaban J connectivity index is 1.95. The molecular weight excluding hydrogens is 335 g/mol. The third kappa shape index (κ3) is 4.18. The number of aliphatic hydroxyl groups excluding tert-OH is 1. The van der Waals surface area contributed by atoms with Crippen molar-refractivity contribution in [2.45, 2.75) is 20.0 Å². The summed E-state index contributed by atoms with van der Waals surface area (Å²) in [5.74, 6) is 0.158. The predicted molar refractivity (Wildman–Crippen MR) is 98.1 cm³/mol. The maximum absolute atomic E-state index is 13.6. The molecule has 3 aromatic rings. The van der Waals surface area contributed by atoms with E-state index >= 15 is 0 Å². The van der Waals surface area contributed by atoms with E-state index in [2.05, 4.69) is 15.4 Å². The average Bonchev–Trinajstić information content (AvgIpc) is 3.05. The van der Waals surface area contributed by atoms with Crippen LogP contribution in [0.25, 0.3) is 17.1 Å². The monoisotopic (exact) mass is 356 g/mol. The minimum Gasteiger partial charge on any atom is -0.463 e. The Kier molecular flexibility index (Phi) is 5.48. The maximum Gasteiger partial charge on any atom is 0.336 e. The lowest BCUT2D eigenvalue weighted by atomic mass is 10.2. The van der Waals surface area contributed by atoms with Crippen molar-refractivity contribution in [1.29, 1.82) is 0 Å². The molecule has 0 bridgehead atoms. The van der Waals surface area contributed by atoms with Crippen molar-refractivity contribution in [3.63, 3.8) is 0 Å². The van der Waals surface area contributed by atoms with Crippen molar-refractivity contribution >= 4 is 5.69 Å². The lowest BCUT2D eigenvalue weighted by Gasteiger charge is -2.10. The molecule has 0 amide bonds. The number of benzene rings is 2. The molecule has 0 saturated carbocycles. The van der Waals surface area contributed by atoms with Crippen molar-refractivity contribution in [3.05, 3.63) is 54.3 Å². The minimum atomic E-state index is -0.432. The van der Waals surface area contributed by atoms with Crippen LogP contribution in [0.15, 0.2) is 48.5 Å². The molecule has 1 atom stereocenters. The van der Waals surface area contributed by atoms with Gasteiger partial charge in [0.05, 0.1) is 18.4 Å². The van der Waals surface area contributed by atoms with Crippen LogP contribution in [0.3, 0.4) is 0 Å². The Bertz CT molecular complexity index is 862. The van der Waals surface area contributed by atoms with Crippen molar-refractivity contribution in [2.75, 3.05) is 18.5 Å². The van der Waals surface area contributed by atoms with Gasteiger partial charge in [-0.05, 0) is 50.2 Å². The zero-order valence-corrected chi connectivity index (χ0v) is 14.7. The van der Waals surface area contributed by atoms with Crippen LogP contribution in [0, 0.1) is 5.82 Å². The van der Waals surface area contributed by atoms with Crippen LogP contribution in [0.5, 0.6) is 6.01 Å². The van der Waals surface area contributed by atoms with Gasteiger partial charge in [-0.2, -0.15) is 4.98 Å². The molecule has 136 valence electrons.